The average Bonchev–Trinajstić information content (AvgIpc) is 2.64. The highest BCUT2D eigenvalue weighted by molar-refractivity contribution is 5.40. The fourth-order valence-corrected chi connectivity index (χ4v) is 1.97. The molecule has 2 heterocycles. The van der Waals surface area contributed by atoms with Crippen molar-refractivity contribution in [2.24, 2.45) is 0 Å². The Kier molecular flexibility index (Phi) is 2.58. The zero-order valence-electron chi connectivity index (χ0n) is 10.1. The number of fused-ring (bicyclic) bond motifs is 1. The van der Waals surface area contributed by atoms with Crippen LogP contribution in [0, 0.1) is 0 Å². The van der Waals surface area contributed by atoms with Crippen molar-refractivity contribution >= 4 is 5.65 Å². The lowest BCUT2D eigenvalue weighted by Crippen LogP contribution is -2.24. The topological polar surface area (TPSA) is 50.2 Å². The van der Waals surface area contributed by atoms with Gasteiger partial charge < -0.3 is 0 Å². The van der Waals surface area contributed by atoms with E-state index in [1.54, 1.807) is 6.20 Å². The van der Waals surface area contributed by atoms with E-state index in [9.17, 15) is 4.79 Å². The van der Waals surface area contributed by atoms with Gasteiger partial charge in [-0.25, -0.2) is 9.50 Å². The Labute approximate surface area is 94.3 Å². The summed E-state index contributed by atoms with van der Waals surface area (Å²) in [4.78, 5) is 16.8. The van der Waals surface area contributed by atoms with Gasteiger partial charge in [0.05, 0.1) is 5.69 Å². The number of aromatic amines is 1. The van der Waals surface area contributed by atoms with Gasteiger partial charge in [0.25, 0.3) is 5.56 Å². The predicted octanol–water partition coefficient (Wildman–Crippen LogP) is 2.27. The highest BCUT2D eigenvalue weighted by Crippen LogP contribution is 2.21. The third kappa shape index (κ3) is 1.54. The molecule has 0 amide bonds. The second kappa shape index (κ2) is 3.77. The molecule has 0 aliphatic carbocycles. The smallest absolute Gasteiger partial charge is 0.276 e. The van der Waals surface area contributed by atoms with Crippen LogP contribution in [0.2, 0.25) is 0 Å². The van der Waals surface area contributed by atoms with Crippen LogP contribution in [0.5, 0.6) is 0 Å². The summed E-state index contributed by atoms with van der Waals surface area (Å²) >= 11 is 0. The van der Waals surface area contributed by atoms with Gasteiger partial charge in [-0.1, -0.05) is 27.7 Å². The maximum atomic E-state index is 12.2. The third-order valence-corrected chi connectivity index (χ3v) is 2.73. The van der Waals surface area contributed by atoms with E-state index in [-0.39, 0.29) is 17.4 Å². The summed E-state index contributed by atoms with van der Waals surface area (Å²) in [6, 6.07) is 1.82. The van der Waals surface area contributed by atoms with Gasteiger partial charge in [0.15, 0.2) is 5.65 Å². The zero-order chi connectivity index (χ0) is 11.9. The summed E-state index contributed by atoms with van der Waals surface area (Å²) < 4.78 is 1.50. The van der Waals surface area contributed by atoms with Gasteiger partial charge in [0.1, 0.15) is 0 Å². The van der Waals surface area contributed by atoms with Crippen molar-refractivity contribution in [3.63, 3.8) is 0 Å². The summed E-state index contributed by atoms with van der Waals surface area (Å²) in [7, 11) is 0. The van der Waals surface area contributed by atoms with E-state index in [2.05, 4.69) is 23.9 Å². The largest absolute Gasteiger partial charge is 0.297 e. The summed E-state index contributed by atoms with van der Waals surface area (Å²) in [6.07, 6.45) is 1.73. The van der Waals surface area contributed by atoms with E-state index in [0.717, 1.165) is 11.3 Å². The second-order valence-corrected chi connectivity index (χ2v) is 4.68. The van der Waals surface area contributed by atoms with Crippen LogP contribution in [0.3, 0.4) is 0 Å². The van der Waals surface area contributed by atoms with Gasteiger partial charge in [-0.15, -0.1) is 0 Å². The Balaban J connectivity index is 2.86. The van der Waals surface area contributed by atoms with E-state index in [4.69, 9.17) is 0 Å². The first-order valence-electron chi connectivity index (χ1n) is 5.62. The summed E-state index contributed by atoms with van der Waals surface area (Å²) in [5.74, 6) is 0.461. The molecule has 4 heteroatoms. The molecular formula is C12H17N3O. The number of hydrogen-bond donors (Lipinski definition) is 1. The predicted molar refractivity (Wildman–Crippen MR) is 64.0 cm³/mol. The van der Waals surface area contributed by atoms with Crippen LogP contribution in [-0.4, -0.2) is 14.6 Å². The van der Waals surface area contributed by atoms with Crippen molar-refractivity contribution in [3.05, 3.63) is 33.9 Å². The molecule has 0 aromatic carbocycles. The van der Waals surface area contributed by atoms with Crippen LogP contribution < -0.4 is 5.56 Å². The van der Waals surface area contributed by atoms with Crippen molar-refractivity contribution in [2.45, 2.75) is 39.5 Å². The lowest BCUT2D eigenvalue weighted by Gasteiger charge is -2.13. The van der Waals surface area contributed by atoms with Gasteiger partial charge in [0.2, 0.25) is 0 Å². The molecule has 86 valence electrons. The van der Waals surface area contributed by atoms with Gasteiger partial charge in [-0.05, 0) is 11.8 Å². The van der Waals surface area contributed by atoms with E-state index in [1.165, 1.54) is 4.52 Å². The standard InChI is InChI=1S/C12H17N3O/c1-7(2)10-11(8(3)4)14-9-5-6-13-15(9)12(10)16/h5-8,13H,1-4H3. The number of aromatic nitrogens is 3. The number of rotatable bonds is 2. The maximum absolute atomic E-state index is 12.2. The lowest BCUT2D eigenvalue weighted by molar-refractivity contribution is 0.722. The van der Waals surface area contributed by atoms with Gasteiger partial charge in [-0.3, -0.25) is 9.89 Å². The van der Waals surface area contributed by atoms with Crippen LogP contribution in [0.4, 0.5) is 0 Å². The first-order valence-corrected chi connectivity index (χ1v) is 5.62. The molecule has 2 aromatic heterocycles. The second-order valence-electron chi connectivity index (χ2n) is 4.68. The van der Waals surface area contributed by atoms with E-state index >= 15 is 0 Å². The number of hydrogen-bond acceptors (Lipinski definition) is 2. The maximum Gasteiger partial charge on any atom is 0.276 e. The lowest BCUT2D eigenvalue weighted by atomic mass is 9.97. The van der Waals surface area contributed by atoms with Crippen LogP contribution in [0.25, 0.3) is 5.65 Å². The normalized spacial score (nSPS) is 11.9. The fraction of sp³-hybridized carbons (Fsp3) is 0.500. The number of nitrogens with one attached hydrogen (secondary N) is 1. The first-order chi connectivity index (χ1) is 7.52. The summed E-state index contributed by atoms with van der Waals surface area (Å²) in [5, 5.41) is 2.89. The first kappa shape index (κ1) is 10.9. The molecule has 0 unspecified atom stereocenters. The summed E-state index contributed by atoms with van der Waals surface area (Å²) in [5.41, 5.74) is 2.45. The van der Waals surface area contributed by atoms with Gasteiger partial charge in [0, 0.05) is 17.8 Å². The molecule has 0 bridgehead atoms. The molecule has 4 nitrogen and oxygen atoms in total. The minimum Gasteiger partial charge on any atom is -0.297 e. The summed E-state index contributed by atoms with van der Waals surface area (Å²) in [6.45, 7) is 8.19. The van der Waals surface area contributed by atoms with Gasteiger partial charge >= 0.3 is 0 Å². The molecular weight excluding hydrogens is 202 g/mol. The zero-order valence-corrected chi connectivity index (χ0v) is 10.1. The van der Waals surface area contributed by atoms with Crippen molar-refractivity contribution in [1.82, 2.24) is 14.6 Å². The number of H-pyrrole nitrogens is 1. The molecule has 0 saturated carbocycles. The molecule has 0 radical (unpaired) electrons. The van der Waals surface area contributed by atoms with Crippen LogP contribution >= 0.6 is 0 Å². The van der Waals surface area contributed by atoms with E-state index < -0.39 is 0 Å². The quantitative estimate of drug-likeness (QED) is 0.842. The molecule has 1 N–H and O–H groups in total. The highest BCUT2D eigenvalue weighted by atomic mass is 16.1. The van der Waals surface area contributed by atoms with Crippen LogP contribution in [0.1, 0.15) is 50.8 Å². The van der Waals surface area contributed by atoms with Crippen molar-refractivity contribution < 1.29 is 0 Å². The molecule has 0 saturated heterocycles. The Bertz CT molecular complexity index is 563. The number of nitrogens with zero attached hydrogens (tertiary/aromatic N) is 2. The molecule has 0 fully saturated rings. The minimum atomic E-state index is 0.0219. The van der Waals surface area contributed by atoms with Crippen LogP contribution in [0.15, 0.2) is 17.1 Å². The van der Waals surface area contributed by atoms with Crippen molar-refractivity contribution in [2.75, 3.05) is 0 Å². The average molecular weight is 219 g/mol. The Morgan fingerprint density at radius 3 is 2.50 bits per heavy atom. The Hall–Kier alpha value is -1.58. The van der Waals surface area contributed by atoms with E-state index in [1.807, 2.05) is 19.9 Å². The minimum absolute atomic E-state index is 0.0219. The molecule has 2 aromatic rings. The fourth-order valence-electron chi connectivity index (χ4n) is 1.97. The molecule has 0 atom stereocenters. The molecule has 2 rings (SSSR count). The third-order valence-electron chi connectivity index (χ3n) is 2.73. The van der Waals surface area contributed by atoms with Gasteiger partial charge in [-0.2, -0.15) is 0 Å². The SMILES string of the molecule is CC(C)c1nc2cc[nH]n2c(=O)c1C(C)C. The molecule has 0 aliphatic heterocycles. The molecule has 16 heavy (non-hydrogen) atoms. The Morgan fingerprint density at radius 1 is 1.25 bits per heavy atom. The highest BCUT2D eigenvalue weighted by Gasteiger charge is 2.18. The van der Waals surface area contributed by atoms with Crippen LogP contribution in [-0.2, 0) is 0 Å². The van der Waals surface area contributed by atoms with E-state index in [0.29, 0.717) is 5.65 Å². The molecule has 0 aliphatic rings. The van der Waals surface area contributed by atoms with Crippen molar-refractivity contribution in [1.29, 1.82) is 0 Å². The monoisotopic (exact) mass is 219 g/mol. The van der Waals surface area contributed by atoms with Crippen molar-refractivity contribution in [3.8, 4) is 0 Å². The molecule has 0 spiro atoms. The Morgan fingerprint density at radius 2 is 1.94 bits per heavy atom.